The van der Waals surface area contributed by atoms with Gasteiger partial charge in [-0.1, -0.05) is 26.2 Å². The van der Waals surface area contributed by atoms with Crippen molar-refractivity contribution in [2.45, 2.75) is 39.5 Å². The maximum Gasteiger partial charge on any atom is 0.244 e. The van der Waals surface area contributed by atoms with Gasteiger partial charge in [-0.25, -0.2) is 10.0 Å². The van der Waals surface area contributed by atoms with Crippen molar-refractivity contribution >= 4 is 24.0 Å². The monoisotopic (exact) mass is 370 g/mol. The molecule has 1 unspecified atom stereocenters. The van der Waals surface area contributed by atoms with Crippen LogP contribution < -0.4 is 15.8 Å². The summed E-state index contributed by atoms with van der Waals surface area (Å²) in [6.07, 6.45) is 4.77. The number of nitrogens with zero attached hydrogens (tertiary/aromatic N) is 4. The van der Waals surface area contributed by atoms with Crippen LogP contribution in [0.4, 0.5) is 16.0 Å². The highest BCUT2D eigenvalue weighted by Gasteiger charge is 2.21. The maximum absolute atomic E-state index is 14.0. The predicted molar refractivity (Wildman–Crippen MR) is 94.9 cm³/mol. The molecular weight excluding hydrogens is 343 g/mol. The molecule has 0 saturated heterocycles. The molecule has 2 amide bonds. The number of halogens is 1. The fourth-order valence-corrected chi connectivity index (χ4v) is 2.28. The Bertz CT molecular complexity index is 589. The largest absolute Gasteiger partial charge is 0.370 e. The molecule has 0 bridgehead atoms. The van der Waals surface area contributed by atoms with Gasteiger partial charge >= 0.3 is 0 Å². The Kier molecular flexibility index (Phi) is 9.27. The summed E-state index contributed by atoms with van der Waals surface area (Å²) in [5.74, 6) is -1.85. The predicted octanol–water partition coefficient (Wildman–Crippen LogP) is 1.56. The molecule has 0 radical (unpaired) electrons. The first kappa shape index (κ1) is 21.6. The van der Waals surface area contributed by atoms with Crippen LogP contribution in [0.5, 0.6) is 0 Å². The van der Waals surface area contributed by atoms with E-state index in [1.54, 1.807) is 11.9 Å². The summed E-state index contributed by atoms with van der Waals surface area (Å²) in [5.41, 5.74) is 5.11. The molecule has 0 spiro atoms. The summed E-state index contributed by atoms with van der Waals surface area (Å²) in [7, 11) is 1.71. The highest BCUT2D eigenvalue weighted by atomic mass is 19.1. The Morgan fingerprint density at radius 3 is 2.73 bits per heavy atom. The third-order valence-corrected chi connectivity index (χ3v) is 3.96. The summed E-state index contributed by atoms with van der Waals surface area (Å²) >= 11 is 0. The Morgan fingerprint density at radius 1 is 1.42 bits per heavy atom. The van der Waals surface area contributed by atoms with Crippen LogP contribution in [0.3, 0.4) is 0 Å². The van der Waals surface area contributed by atoms with Gasteiger partial charge in [-0.3, -0.25) is 25.6 Å². The zero-order valence-electron chi connectivity index (χ0n) is 15.4. The van der Waals surface area contributed by atoms with Gasteiger partial charge in [0.05, 0.1) is 18.7 Å². The Balaban J connectivity index is 2.67. The zero-order valence-corrected chi connectivity index (χ0v) is 15.4. The number of hydrazine groups is 1. The van der Waals surface area contributed by atoms with Crippen molar-refractivity contribution in [2.24, 2.45) is 5.92 Å². The van der Waals surface area contributed by atoms with Crippen LogP contribution in [-0.2, 0) is 9.59 Å². The Labute approximate surface area is 152 Å². The van der Waals surface area contributed by atoms with Crippen molar-refractivity contribution in [3.8, 4) is 0 Å². The van der Waals surface area contributed by atoms with Crippen LogP contribution in [0, 0.1) is 11.9 Å². The lowest BCUT2D eigenvalue weighted by Gasteiger charge is -2.20. The van der Waals surface area contributed by atoms with Crippen molar-refractivity contribution in [1.29, 1.82) is 0 Å². The summed E-state index contributed by atoms with van der Waals surface area (Å²) in [6.45, 7) is 4.37. The molecule has 146 valence electrons. The number of hydrogen-bond acceptors (Lipinski definition) is 7. The fourth-order valence-electron chi connectivity index (χ4n) is 2.28. The van der Waals surface area contributed by atoms with Gasteiger partial charge < -0.3 is 4.90 Å². The molecule has 0 aliphatic rings. The SMILES string of the molecule is CCCCCC(CN(O)C=O)C(=O)NNc1ncc(N(C)CC)c(F)n1. The van der Waals surface area contributed by atoms with Crippen molar-refractivity contribution in [1.82, 2.24) is 20.5 Å². The summed E-state index contributed by atoms with van der Waals surface area (Å²) in [5, 5.41) is 9.78. The molecule has 26 heavy (non-hydrogen) atoms. The van der Waals surface area contributed by atoms with E-state index in [2.05, 4.69) is 20.8 Å². The van der Waals surface area contributed by atoms with Crippen LogP contribution in [0.2, 0.25) is 0 Å². The number of unbranched alkanes of at least 4 members (excludes halogenated alkanes) is 2. The van der Waals surface area contributed by atoms with Gasteiger partial charge in [0.1, 0.15) is 5.69 Å². The Hall–Kier alpha value is -2.49. The third kappa shape index (κ3) is 6.79. The van der Waals surface area contributed by atoms with E-state index < -0.39 is 17.8 Å². The molecule has 1 aromatic heterocycles. The number of carbonyl (C=O) groups excluding carboxylic acids is 2. The normalized spacial score (nSPS) is 11.6. The molecule has 0 saturated carbocycles. The van der Waals surface area contributed by atoms with Gasteiger partial charge in [-0.2, -0.15) is 9.37 Å². The van der Waals surface area contributed by atoms with Gasteiger partial charge in [0.2, 0.25) is 24.2 Å². The minimum Gasteiger partial charge on any atom is -0.370 e. The maximum atomic E-state index is 14.0. The smallest absolute Gasteiger partial charge is 0.244 e. The van der Waals surface area contributed by atoms with E-state index in [9.17, 15) is 19.2 Å². The molecule has 1 rings (SSSR count). The van der Waals surface area contributed by atoms with E-state index in [1.165, 1.54) is 6.20 Å². The molecule has 1 aromatic rings. The summed E-state index contributed by atoms with van der Waals surface area (Å²) in [4.78, 5) is 32.1. The average Bonchev–Trinajstić information content (AvgIpc) is 2.64. The minimum atomic E-state index is -0.705. The van der Waals surface area contributed by atoms with Crippen molar-refractivity contribution in [3.63, 3.8) is 0 Å². The van der Waals surface area contributed by atoms with Gasteiger partial charge in [0.25, 0.3) is 0 Å². The third-order valence-electron chi connectivity index (χ3n) is 3.96. The van der Waals surface area contributed by atoms with E-state index in [4.69, 9.17) is 0 Å². The second kappa shape index (κ2) is 11.2. The van der Waals surface area contributed by atoms with Gasteiger partial charge in [-0.05, 0) is 13.3 Å². The van der Waals surface area contributed by atoms with Gasteiger partial charge in [-0.15, -0.1) is 0 Å². The van der Waals surface area contributed by atoms with E-state index in [1.807, 2.05) is 13.8 Å². The first-order chi connectivity index (χ1) is 12.4. The van der Waals surface area contributed by atoms with Crippen molar-refractivity contribution < 1.29 is 19.2 Å². The molecule has 1 heterocycles. The molecule has 1 atom stereocenters. The number of hydrogen-bond donors (Lipinski definition) is 3. The number of amides is 2. The van der Waals surface area contributed by atoms with Crippen LogP contribution in [0.25, 0.3) is 0 Å². The number of aromatic nitrogens is 2. The molecule has 9 nitrogen and oxygen atoms in total. The lowest BCUT2D eigenvalue weighted by atomic mass is 10.0. The lowest BCUT2D eigenvalue weighted by molar-refractivity contribution is -0.154. The number of nitrogens with one attached hydrogen (secondary N) is 2. The summed E-state index contributed by atoms with van der Waals surface area (Å²) in [6, 6.07) is 0. The van der Waals surface area contributed by atoms with Crippen molar-refractivity contribution in [3.05, 3.63) is 12.1 Å². The molecule has 0 aromatic carbocycles. The van der Waals surface area contributed by atoms with Crippen LogP contribution in [0.1, 0.15) is 39.5 Å². The second-order valence-corrected chi connectivity index (χ2v) is 5.92. The highest BCUT2D eigenvalue weighted by molar-refractivity contribution is 5.80. The van der Waals surface area contributed by atoms with Gasteiger partial charge in [0.15, 0.2) is 0 Å². The van der Waals surface area contributed by atoms with Crippen LogP contribution in [0.15, 0.2) is 6.20 Å². The molecule has 3 N–H and O–H groups in total. The second-order valence-electron chi connectivity index (χ2n) is 5.92. The minimum absolute atomic E-state index is 0.0901. The van der Waals surface area contributed by atoms with E-state index in [0.717, 1.165) is 19.3 Å². The van der Waals surface area contributed by atoms with E-state index in [0.29, 0.717) is 18.0 Å². The molecule has 0 aliphatic carbocycles. The first-order valence-corrected chi connectivity index (χ1v) is 8.63. The zero-order chi connectivity index (χ0) is 19.5. The highest BCUT2D eigenvalue weighted by Crippen LogP contribution is 2.16. The quantitative estimate of drug-likeness (QED) is 0.168. The fraction of sp³-hybridized carbons (Fsp3) is 0.625. The molecule has 10 heteroatoms. The van der Waals surface area contributed by atoms with E-state index in [-0.39, 0.29) is 24.6 Å². The van der Waals surface area contributed by atoms with Gasteiger partial charge in [0, 0.05) is 13.6 Å². The number of hydroxylamine groups is 2. The lowest BCUT2D eigenvalue weighted by Crippen LogP contribution is -2.40. The number of rotatable bonds is 12. The van der Waals surface area contributed by atoms with Crippen molar-refractivity contribution in [2.75, 3.05) is 30.5 Å². The number of anilines is 2. The molecular formula is C16H27FN6O3. The van der Waals surface area contributed by atoms with Crippen LogP contribution >= 0.6 is 0 Å². The summed E-state index contributed by atoms with van der Waals surface area (Å²) < 4.78 is 14.0. The first-order valence-electron chi connectivity index (χ1n) is 8.63. The Morgan fingerprint density at radius 2 is 2.15 bits per heavy atom. The molecule has 0 aliphatic heterocycles. The standard InChI is InChI=1S/C16H27FN6O3/c1-4-6-7-8-12(10-23(26)11-24)15(25)20-21-16-18-9-13(14(17)19-16)22(3)5-2/h9,11-12,26H,4-8,10H2,1-3H3,(H,20,25)(H,18,19,21). The molecule has 0 fully saturated rings. The topological polar surface area (TPSA) is 111 Å². The van der Waals surface area contributed by atoms with E-state index >= 15 is 0 Å². The number of carbonyl (C=O) groups is 2. The average molecular weight is 370 g/mol. The van der Waals surface area contributed by atoms with Crippen LogP contribution in [-0.4, -0.2) is 52.7 Å².